The molecule has 2 aliphatic rings. The molecule has 0 bridgehead atoms. The van der Waals surface area contributed by atoms with E-state index < -0.39 is 0 Å². The number of hydrogen-bond donors (Lipinski definition) is 1. The molecule has 2 heteroatoms. The fourth-order valence-corrected chi connectivity index (χ4v) is 3.70. The minimum absolute atomic E-state index is 0.566. The molecule has 0 radical (unpaired) electrons. The van der Waals surface area contributed by atoms with Crippen LogP contribution in [-0.4, -0.2) is 31.1 Å². The number of rotatable bonds is 2. The van der Waals surface area contributed by atoms with Gasteiger partial charge in [-0.1, -0.05) is 23.8 Å². The van der Waals surface area contributed by atoms with Gasteiger partial charge in [-0.3, -0.25) is 4.90 Å². The van der Waals surface area contributed by atoms with E-state index in [2.05, 4.69) is 49.2 Å². The third-order valence-electron chi connectivity index (χ3n) is 4.84. The highest BCUT2D eigenvalue weighted by molar-refractivity contribution is 5.32. The molecule has 1 aromatic rings. The number of aryl methyl sites for hydroxylation is 2. The maximum atomic E-state index is 3.52. The van der Waals surface area contributed by atoms with Crippen LogP contribution < -0.4 is 5.32 Å². The van der Waals surface area contributed by atoms with Crippen molar-refractivity contribution in [2.75, 3.05) is 26.2 Å². The van der Waals surface area contributed by atoms with Gasteiger partial charge in [-0.25, -0.2) is 0 Å². The van der Waals surface area contributed by atoms with Crippen molar-refractivity contribution in [3.63, 3.8) is 0 Å². The van der Waals surface area contributed by atoms with Crippen LogP contribution in [0.5, 0.6) is 0 Å². The lowest BCUT2D eigenvalue weighted by atomic mass is 9.99. The van der Waals surface area contributed by atoms with Gasteiger partial charge in [0.1, 0.15) is 0 Å². The smallest absolute Gasteiger partial charge is 0.0322 e. The Bertz CT molecular complexity index is 429. The lowest BCUT2D eigenvalue weighted by Gasteiger charge is -2.27. The second-order valence-electron chi connectivity index (χ2n) is 6.17. The molecule has 2 saturated heterocycles. The summed E-state index contributed by atoms with van der Waals surface area (Å²) in [5, 5.41) is 3.52. The fraction of sp³-hybridized carbons (Fsp3) is 0.625. The van der Waals surface area contributed by atoms with Crippen LogP contribution in [0.2, 0.25) is 0 Å². The Balaban J connectivity index is 1.76. The lowest BCUT2D eigenvalue weighted by molar-refractivity contribution is 0.243. The SMILES string of the molecule is Cc1ccc(C(C)N2CC3CNCC3C2)c(C)c1. The van der Waals surface area contributed by atoms with Crippen LogP contribution in [0.15, 0.2) is 18.2 Å². The molecule has 0 amide bonds. The molecular formula is C16H24N2. The van der Waals surface area contributed by atoms with E-state index in [4.69, 9.17) is 0 Å². The molecule has 2 fully saturated rings. The van der Waals surface area contributed by atoms with Crippen molar-refractivity contribution in [2.24, 2.45) is 11.8 Å². The van der Waals surface area contributed by atoms with Crippen LogP contribution in [0.4, 0.5) is 0 Å². The predicted molar refractivity (Wildman–Crippen MR) is 75.8 cm³/mol. The zero-order chi connectivity index (χ0) is 12.7. The van der Waals surface area contributed by atoms with E-state index in [0.717, 1.165) is 11.8 Å². The predicted octanol–water partition coefficient (Wildman–Crippen LogP) is 2.52. The third kappa shape index (κ3) is 2.08. The summed E-state index contributed by atoms with van der Waals surface area (Å²) in [7, 11) is 0. The summed E-state index contributed by atoms with van der Waals surface area (Å²) in [6.07, 6.45) is 0. The lowest BCUT2D eigenvalue weighted by Crippen LogP contribution is -2.28. The van der Waals surface area contributed by atoms with E-state index in [1.54, 1.807) is 0 Å². The van der Waals surface area contributed by atoms with Gasteiger partial charge in [-0.2, -0.15) is 0 Å². The molecule has 3 unspecified atom stereocenters. The van der Waals surface area contributed by atoms with Gasteiger partial charge in [0.2, 0.25) is 0 Å². The standard InChI is InChI=1S/C16H24N2/c1-11-4-5-16(12(2)6-11)13(3)18-9-14-7-17-8-15(14)10-18/h4-6,13-15,17H,7-10H2,1-3H3. The zero-order valence-electron chi connectivity index (χ0n) is 11.7. The minimum atomic E-state index is 0.566. The maximum Gasteiger partial charge on any atom is 0.0322 e. The molecule has 2 heterocycles. The molecule has 0 aliphatic carbocycles. The summed E-state index contributed by atoms with van der Waals surface area (Å²) >= 11 is 0. The van der Waals surface area contributed by atoms with Crippen LogP contribution in [-0.2, 0) is 0 Å². The van der Waals surface area contributed by atoms with Gasteiger partial charge in [-0.15, -0.1) is 0 Å². The van der Waals surface area contributed by atoms with Crippen LogP contribution in [0.1, 0.15) is 29.7 Å². The molecule has 0 aromatic heterocycles. The summed E-state index contributed by atoms with van der Waals surface area (Å²) in [4.78, 5) is 2.67. The molecule has 3 atom stereocenters. The Morgan fingerprint density at radius 3 is 2.44 bits per heavy atom. The third-order valence-corrected chi connectivity index (χ3v) is 4.84. The van der Waals surface area contributed by atoms with E-state index in [1.807, 2.05) is 0 Å². The zero-order valence-corrected chi connectivity index (χ0v) is 11.7. The van der Waals surface area contributed by atoms with Crippen molar-refractivity contribution in [1.82, 2.24) is 10.2 Å². The Morgan fingerprint density at radius 1 is 1.17 bits per heavy atom. The number of nitrogens with one attached hydrogen (secondary N) is 1. The quantitative estimate of drug-likeness (QED) is 0.860. The summed E-state index contributed by atoms with van der Waals surface area (Å²) < 4.78 is 0. The molecule has 1 N–H and O–H groups in total. The molecule has 98 valence electrons. The number of nitrogens with zero attached hydrogens (tertiary/aromatic N) is 1. The highest BCUT2D eigenvalue weighted by Crippen LogP contribution is 2.33. The molecule has 18 heavy (non-hydrogen) atoms. The second-order valence-corrected chi connectivity index (χ2v) is 6.17. The van der Waals surface area contributed by atoms with E-state index in [0.29, 0.717) is 6.04 Å². The molecule has 0 spiro atoms. The first-order chi connectivity index (χ1) is 8.65. The Hall–Kier alpha value is -0.860. The van der Waals surface area contributed by atoms with Gasteiger partial charge >= 0.3 is 0 Å². The van der Waals surface area contributed by atoms with Crippen LogP contribution in [0.3, 0.4) is 0 Å². The molecule has 2 aliphatic heterocycles. The van der Waals surface area contributed by atoms with Crippen molar-refractivity contribution in [1.29, 1.82) is 0 Å². The van der Waals surface area contributed by atoms with Gasteiger partial charge in [0.15, 0.2) is 0 Å². The molecular weight excluding hydrogens is 220 g/mol. The normalized spacial score (nSPS) is 29.5. The first-order valence-electron chi connectivity index (χ1n) is 7.17. The molecule has 3 rings (SSSR count). The number of likely N-dealkylation sites (tertiary alicyclic amines) is 1. The van der Waals surface area contributed by atoms with Crippen molar-refractivity contribution in [3.05, 3.63) is 34.9 Å². The number of benzene rings is 1. The van der Waals surface area contributed by atoms with Crippen LogP contribution in [0.25, 0.3) is 0 Å². The highest BCUT2D eigenvalue weighted by Gasteiger charge is 2.38. The summed E-state index contributed by atoms with van der Waals surface area (Å²) in [6, 6.07) is 7.44. The maximum absolute atomic E-state index is 3.52. The van der Waals surface area contributed by atoms with E-state index in [9.17, 15) is 0 Å². The Labute approximate surface area is 110 Å². The van der Waals surface area contributed by atoms with Gasteiger partial charge in [0.25, 0.3) is 0 Å². The van der Waals surface area contributed by atoms with Crippen LogP contribution in [0, 0.1) is 25.7 Å². The highest BCUT2D eigenvalue weighted by atomic mass is 15.2. The monoisotopic (exact) mass is 244 g/mol. The van der Waals surface area contributed by atoms with E-state index >= 15 is 0 Å². The van der Waals surface area contributed by atoms with Crippen molar-refractivity contribution < 1.29 is 0 Å². The van der Waals surface area contributed by atoms with Gasteiger partial charge < -0.3 is 5.32 Å². The molecule has 0 saturated carbocycles. The van der Waals surface area contributed by atoms with Crippen molar-refractivity contribution >= 4 is 0 Å². The molecule has 2 nitrogen and oxygen atoms in total. The topological polar surface area (TPSA) is 15.3 Å². The minimum Gasteiger partial charge on any atom is -0.316 e. The summed E-state index contributed by atoms with van der Waals surface area (Å²) in [6.45, 7) is 11.8. The Kier molecular flexibility index (Phi) is 3.16. The van der Waals surface area contributed by atoms with Crippen molar-refractivity contribution in [3.8, 4) is 0 Å². The van der Waals surface area contributed by atoms with Crippen molar-refractivity contribution in [2.45, 2.75) is 26.8 Å². The van der Waals surface area contributed by atoms with E-state index in [-0.39, 0.29) is 0 Å². The van der Waals surface area contributed by atoms with Gasteiger partial charge in [-0.05, 0) is 56.8 Å². The fourth-order valence-electron chi connectivity index (χ4n) is 3.70. The van der Waals surface area contributed by atoms with Crippen LogP contribution >= 0.6 is 0 Å². The van der Waals surface area contributed by atoms with Gasteiger partial charge in [0, 0.05) is 19.1 Å². The number of fused-ring (bicyclic) bond motifs is 1. The number of hydrogen-bond acceptors (Lipinski definition) is 2. The summed E-state index contributed by atoms with van der Waals surface area (Å²) in [5.74, 6) is 1.77. The summed E-state index contributed by atoms with van der Waals surface area (Å²) in [5.41, 5.74) is 4.32. The van der Waals surface area contributed by atoms with E-state index in [1.165, 1.54) is 42.9 Å². The largest absolute Gasteiger partial charge is 0.316 e. The average molecular weight is 244 g/mol. The van der Waals surface area contributed by atoms with Gasteiger partial charge in [0.05, 0.1) is 0 Å². The first-order valence-corrected chi connectivity index (χ1v) is 7.17. The second kappa shape index (κ2) is 4.67. The Morgan fingerprint density at radius 2 is 1.83 bits per heavy atom. The average Bonchev–Trinajstić information content (AvgIpc) is 2.87. The molecule has 1 aromatic carbocycles. The first kappa shape index (κ1) is 12.2.